The second-order valence-electron chi connectivity index (χ2n) is 4.17. The summed E-state index contributed by atoms with van der Waals surface area (Å²) in [6, 6.07) is 0. The molecular formula is C13H25N3O2. The molecule has 0 spiro atoms. The molecule has 1 heterocycles. The molecule has 0 radical (unpaired) electrons. The van der Waals surface area contributed by atoms with Gasteiger partial charge in [-0.15, -0.1) is 0 Å². The van der Waals surface area contributed by atoms with Gasteiger partial charge in [0.2, 0.25) is 0 Å². The van der Waals surface area contributed by atoms with E-state index in [4.69, 9.17) is 9.47 Å². The summed E-state index contributed by atoms with van der Waals surface area (Å²) in [6.07, 6.45) is 6.02. The van der Waals surface area contributed by atoms with Crippen molar-refractivity contribution in [3.63, 3.8) is 0 Å². The van der Waals surface area contributed by atoms with Crippen LogP contribution >= 0.6 is 0 Å². The molecule has 0 aliphatic carbocycles. The van der Waals surface area contributed by atoms with Gasteiger partial charge in [0.25, 0.3) is 0 Å². The molecule has 0 atom stereocenters. The summed E-state index contributed by atoms with van der Waals surface area (Å²) in [4.78, 5) is 4.19. The third-order valence-corrected chi connectivity index (χ3v) is 2.72. The van der Waals surface area contributed by atoms with Crippen LogP contribution in [0.25, 0.3) is 0 Å². The van der Waals surface area contributed by atoms with Crippen molar-refractivity contribution in [1.29, 1.82) is 0 Å². The van der Waals surface area contributed by atoms with Crippen molar-refractivity contribution in [2.24, 2.45) is 0 Å². The van der Waals surface area contributed by atoms with E-state index in [1.165, 1.54) is 5.69 Å². The van der Waals surface area contributed by atoms with Gasteiger partial charge in [-0.2, -0.15) is 0 Å². The van der Waals surface area contributed by atoms with Gasteiger partial charge in [0.1, 0.15) is 0 Å². The van der Waals surface area contributed by atoms with Gasteiger partial charge in [0.15, 0.2) is 0 Å². The molecule has 0 saturated heterocycles. The van der Waals surface area contributed by atoms with E-state index in [0.717, 1.165) is 39.1 Å². The minimum absolute atomic E-state index is 0.675. The summed E-state index contributed by atoms with van der Waals surface area (Å²) < 4.78 is 12.5. The van der Waals surface area contributed by atoms with E-state index in [0.29, 0.717) is 13.2 Å². The van der Waals surface area contributed by atoms with Gasteiger partial charge in [0.05, 0.1) is 25.2 Å². The van der Waals surface area contributed by atoms with Gasteiger partial charge < -0.3 is 19.4 Å². The van der Waals surface area contributed by atoms with Crippen LogP contribution in [0, 0.1) is 0 Å². The molecule has 1 aromatic heterocycles. The molecule has 0 bridgehead atoms. The number of nitrogens with one attached hydrogen (secondary N) is 1. The fraction of sp³-hybridized carbons (Fsp3) is 0.769. The van der Waals surface area contributed by atoms with Crippen molar-refractivity contribution >= 4 is 0 Å². The van der Waals surface area contributed by atoms with Crippen molar-refractivity contribution in [3.05, 3.63) is 18.2 Å². The van der Waals surface area contributed by atoms with Crippen LogP contribution in [0.15, 0.2) is 12.5 Å². The molecule has 0 aromatic carbocycles. The van der Waals surface area contributed by atoms with Crippen LogP contribution in [0.3, 0.4) is 0 Å². The lowest BCUT2D eigenvalue weighted by Gasteiger charge is -2.08. The number of imidazole rings is 1. The smallest absolute Gasteiger partial charge is 0.0948 e. The molecule has 1 rings (SSSR count). The van der Waals surface area contributed by atoms with E-state index < -0.39 is 0 Å². The Morgan fingerprint density at radius 2 is 2.17 bits per heavy atom. The Balaban J connectivity index is 2.09. The van der Waals surface area contributed by atoms with Crippen molar-refractivity contribution in [3.8, 4) is 0 Å². The van der Waals surface area contributed by atoms with E-state index in [9.17, 15) is 0 Å². The highest BCUT2D eigenvalue weighted by atomic mass is 16.5. The zero-order chi connectivity index (χ0) is 13.1. The van der Waals surface area contributed by atoms with Crippen molar-refractivity contribution in [2.45, 2.75) is 32.9 Å². The Morgan fingerprint density at radius 1 is 1.28 bits per heavy atom. The molecule has 0 amide bonds. The average molecular weight is 255 g/mol. The van der Waals surface area contributed by atoms with Gasteiger partial charge in [0, 0.05) is 33.0 Å². The van der Waals surface area contributed by atoms with Crippen LogP contribution in [0.5, 0.6) is 0 Å². The molecule has 0 aliphatic rings. The largest absolute Gasteiger partial charge is 0.382 e. The summed E-state index contributed by atoms with van der Waals surface area (Å²) in [5, 5.41) is 3.32. The predicted octanol–water partition coefficient (Wildman–Crippen LogP) is 1.44. The molecular weight excluding hydrogens is 230 g/mol. The second kappa shape index (κ2) is 10.1. The fourth-order valence-corrected chi connectivity index (χ4v) is 1.68. The maximum absolute atomic E-state index is 5.43. The maximum Gasteiger partial charge on any atom is 0.0948 e. The van der Waals surface area contributed by atoms with Crippen molar-refractivity contribution < 1.29 is 9.47 Å². The SMILES string of the molecule is CCNCc1cncn1CCCCOCCOC. The molecule has 1 aromatic rings. The van der Waals surface area contributed by atoms with Crippen LogP contribution in [-0.4, -0.2) is 43.0 Å². The molecule has 0 saturated carbocycles. The Morgan fingerprint density at radius 3 is 2.94 bits per heavy atom. The van der Waals surface area contributed by atoms with Crippen molar-refractivity contribution in [1.82, 2.24) is 14.9 Å². The van der Waals surface area contributed by atoms with Crippen LogP contribution in [0.1, 0.15) is 25.5 Å². The number of hydrogen-bond donors (Lipinski definition) is 1. The molecule has 0 aliphatic heterocycles. The van der Waals surface area contributed by atoms with E-state index >= 15 is 0 Å². The maximum atomic E-state index is 5.43. The first-order chi connectivity index (χ1) is 8.88. The topological polar surface area (TPSA) is 48.3 Å². The Bertz CT molecular complexity index is 302. The number of methoxy groups -OCH3 is 1. The summed E-state index contributed by atoms with van der Waals surface area (Å²) in [7, 11) is 1.69. The minimum Gasteiger partial charge on any atom is -0.382 e. The first kappa shape index (κ1) is 15.1. The van der Waals surface area contributed by atoms with Gasteiger partial charge in [-0.3, -0.25) is 0 Å². The number of aromatic nitrogens is 2. The molecule has 5 nitrogen and oxygen atoms in total. The highest BCUT2D eigenvalue weighted by Gasteiger charge is 2.00. The zero-order valence-corrected chi connectivity index (χ0v) is 11.5. The summed E-state index contributed by atoms with van der Waals surface area (Å²) in [5.74, 6) is 0. The predicted molar refractivity (Wildman–Crippen MR) is 71.5 cm³/mol. The standard InChI is InChI=1S/C13H25N3O2/c1-3-14-10-13-11-15-12-16(13)6-4-5-7-18-9-8-17-2/h11-12,14H,3-10H2,1-2H3. The lowest BCUT2D eigenvalue weighted by Crippen LogP contribution is -2.15. The van der Waals surface area contributed by atoms with Gasteiger partial charge >= 0.3 is 0 Å². The van der Waals surface area contributed by atoms with E-state index in [-0.39, 0.29) is 0 Å². The van der Waals surface area contributed by atoms with Crippen LogP contribution in [0.4, 0.5) is 0 Å². The minimum atomic E-state index is 0.675. The third-order valence-electron chi connectivity index (χ3n) is 2.72. The first-order valence-corrected chi connectivity index (χ1v) is 6.65. The Hall–Kier alpha value is -0.910. The van der Waals surface area contributed by atoms with Crippen LogP contribution < -0.4 is 5.32 Å². The quantitative estimate of drug-likeness (QED) is 0.608. The second-order valence-corrected chi connectivity index (χ2v) is 4.17. The molecule has 0 unspecified atom stereocenters. The molecule has 1 N–H and O–H groups in total. The number of aryl methyl sites for hydroxylation is 1. The van der Waals surface area contributed by atoms with E-state index in [1.54, 1.807) is 7.11 Å². The third kappa shape index (κ3) is 6.14. The van der Waals surface area contributed by atoms with Crippen LogP contribution in [-0.2, 0) is 22.6 Å². The normalized spacial score (nSPS) is 11.0. The zero-order valence-electron chi connectivity index (χ0n) is 11.5. The number of unbranched alkanes of at least 4 members (excludes halogenated alkanes) is 1. The lowest BCUT2D eigenvalue weighted by molar-refractivity contribution is 0.0684. The number of rotatable bonds is 11. The van der Waals surface area contributed by atoms with Crippen molar-refractivity contribution in [2.75, 3.05) is 33.5 Å². The molecule has 0 fully saturated rings. The summed E-state index contributed by atoms with van der Waals surface area (Å²) >= 11 is 0. The number of ether oxygens (including phenoxy) is 2. The number of hydrogen-bond acceptors (Lipinski definition) is 4. The monoisotopic (exact) mass is 255 g/mol. The summed E-state index contributed by atoms with van der Waals surface area (Å²) in [6.45, 7) is 7.16. The van der Waals surface area contributed by atoms with Gasteiger partial charge in [-0.1, -0.05) is 6.92 Å². The van der Waals surface area contributed by atoms with E-state index in [2.05, 4.69) is 21.8 Å². The first-order valence-electron chi connectivity index (χ1n) is 6.65. The molecule has 18 heavy (non-hydrogen) atoms. The van der Waals surface area contributed by atoms with Crippen LogP contribution in [0.2, 0.25) is 0 Å². The molecule has 104 valence electrons. The molecule has 5 heteroatoms. The van der Waals surface area contributed by atoms with Gasteiger partial charge in [-0.05, 0) is 19.4 Å². The highest BCUT2D eigenvalue weighted by molar-refractivity contribution is 4.97. The Labute approximate surface area is 109 Å². The number of nitrogens with zero attached hydrogens (tertiary/aromatic N) is 2. The Kier molecular flexibility index (Phi) is 8.46. The highest BCUT2D eigenvalue weighted by Crippen LogP contribution is 2.02. The van der Waals surface area contributed by atoms with E-state index in [1.807, 2.05) is 12.5 Å². The fourth-order valence-electron chi connectivity index (χ4n) is 1.68. The summed E-state index contributed by atoms with van der Waals surface area (Å²) in [5.41, 5.74) is 1.25. The average Bonchev–Trinajstić information content (AvgIpc) is 2.83. The lowest BCUT2D eigenvalue weighted by atomic mass is 10.3. The van der Waals surface area contributed by atoms with Gasteiger partial charge in [-0.25, -0.2) is 4.98 Å².